The van der Waals surface area contributed by atoms with Crippen molar-refractivity contribution in [3.8, 4) is 11.8 Å². The lowest BCUT2D eigenvalue weighted by Gasteiger charge is -2.38. The number of nitrogens with one attached hydrogen (secondary N) is 1. The summed E-state index contributed by atoms with van der Waals surface area (Å²) in [4.78, 5) is 12.8. The van der Waals surface area contributed by atoms with Gasteiger partial charge in [-0.15, -0.1) is 0 Å². The fourth-order valence-corrected chi connectivity index (χ4v) is 3.30. The van der Waals surface area contributed by atoms with Crippen LogP contribution in [0.4, 0.5) is 5.69 Å². The predicted molar refractivity (Wildman–Crippen MR) is 88.3 cm³/mol. The second-order valence-electron chi connectivity index (χ2n) is 6.11. The van der Waals surface area contributed by atoms with Crippen LogP contribution >= 0.6 is 0 Å². The fourth-order valence-electron chi connectivity index (χ4n) is 3.30. The van der Waals surface area contributed by atoms with E-state index < -0.39 is 5.60 Å². The molecule has 0 aliphatic heterocycles. The van der Waals surface area contributed by atoms with Gasteiger partial charge >= 0.3 is 0 Å². The summed E-state index contributed by atoms with van der Waals surface area (Å²) in [6, 6.07) is 7.13. The summed E-state index contributed by atoms with van der Waals surface area (Å²) >= 11 is 0. The minimum Gasteiger partial charge on any atom is -0.495 e. The van der Waals surface area contributed by atoms with Crippen LogP contribution in [0, 0.1) is 17.2 Å². The highest BCUT2D eigenvalue weighted by molar-refractivity contribution is 5.97. The Morgan fingerprint density at radius 1 is 1.52 bits per heavy atom. The van der Waals surface area contributed by atoms with Crippen LogP contribution in [0.3, 0.4) is 0 Å². The number of amides is 1. The molecular weight excluding hydrogens is 292 g/mol. The number of nitriles is 1. The number of methoxy groups -OCH3 is 1. The van der Waals surface area contributed by atoms with Gasteiger partial charge in [-0.1, -0.05) is 13.3 Å². The number of anilines is 1. The lowest BCUT2D eigenvalue weighted by molar-refractivity contribution is -0.147. The summed E-state index contributed by atoms with van der Waals surface area (Å²) in [5, 5.41) is 12.1. The topological polar surface area (TPSA) is 71.3 Å². The second kappa shape index (κ2) is 7.47. The highest BCUT2D eigenvalue weighted by atomic mass is 16.5. The summed E-state index contributed by atoms with van der Waals surface area (Å²) in [6.45, 7) is 4.57. The van der Waals surface area contributed by atoms with Gasteiger partial charge in [-0.05, 0) is 50.3 Å². The number of benzene rings is 1. The minimum absolute atomic E-state index is 0.125. The van der Waals surface area contributed by atoms with Crippen molar-refractivity contribution in [3.63, 3.8) is 0 Å². The van der Waals surface area contributed by atoms with Crippen molar-refractivity contribution < 1.29 is 14.3 Å². The molecule has 1 aromatic rings. The maximum absolute atomic E-state index is 12.8. The van der Waals surface area contributed by atoms with Crippen LogP contribution in [0.15, 0.2) is 18.2 Å². The molecule has 23 heavy (non-hydrogen) atoms. The zero-order valence-corrected chi connectivity index (χ0v) is 14.0. The fraction of sp³-hybridized carbons (Fsp3) is 0.556. The molecule has 1 aliphatic carbocycles. The van der Waals surface area contributed by atoms with Crippen molar-refractivity contribution >= 4 is 11.6 Å². The molecule has 1 amide bonds. The molecule has 124 valence electrons. The monoisotopic (exact) mass is 316 g/mol. The summed E-state index contributed by atoms with van der Waals surface area (Å²) < 4.78 is 11.0. The van der Waals surface area contributed by atoms with Gasteiger partial charge in [0.2, 0.25) is 0 Å². The quantitative estimate of drug-likeness (QED) is 0.902. The molecule has 1 aliphatic rings. The molecule has 1 saturated carbocycles. The highest BCUT2D eigenvalue weighted by Gasteiger charge is 2.42. The van der Waals surface area contributed by atoms with E-state index in [4.69, 9.17) is 14.7 Å². The molecule has 1 fully saturated rings. The van der Waals surface area contributed by atoms with Crippen LogP contribution in [0.5, 0.6) is 5.75 Å². The maximum atomic E-state index is 12.8. The average Bonchev–Trinajstić information content (AvgIpc) is 2.55. The van der Waals surface area contributed by atoms with E-state index in [0.717, 1.165) is 25.7 Å². The van der Waals surface area contributed by atoms with Crippen molar-refractivity contribution in [1.29, 1.82) is 5.26 Å². The van der Waals surface area contributed by atoms with Gasteiger partial charge in [0, 0.05) is 12.3 Å². The Labute approximate surface area is 137 Å². The van der Waals surface area contributed by atoms with Crippen molar-refractivity contribution in [2.45, 2.75) is 45.1 Å². The Morgan fingerprint density at radius 3 is 2.91 bits per heavy atom. The highest BCUT2D eigenvalue weighted by Crippen LogP contribution is 2.36. The first-order valence-corrected chi connectivity index (χ1v) is 8.08. The molecule has 5 nitrogen and oxygen atoms in total. The van der Waals surface area contributed by atoms with E-state index in [9.17, 15) is 4.79 Å². The molecule has 1 aromatic carbocycles. The Morgan fingerprint density at radius 2 is 2.30 bits per heavy atom. The minimum atomic E-state index is -0.765. The van der Waals surface area contributed by atoms with E-state index in [1.807, 2.05) is 6.92 Å². The standard InChI is InChI=1S/C18H24N2O3/c1-4-23-18(9-5-6-13(2)11-18)17(21)20-15-7-8-16(22-3)14(10-15)12-19/h7-8,10,13H,4-6,9,11H2,1-3H3,(H,20,21)/t13-,18-/m0/s1. The summed E-state index contributed by atoms with van der Waals surface area (Å²) in [7, 11) is 1.52. The van der Waals surface area contributed by atoms with Crippen LogP contribution in [0.25, 0.3) is 0 Å². The largest absolute Gasteiger partial charge is 0.495 e. The third-order valence-electron chi connectivity index (χ3n) is 4.37. The smallest absolute Gasteiger partial charge is 0.256 e. The van der Waals surface area contributed by atoms with Gasteiger partial charge in [0.15, 0.2) is 0 Å². The number of rotatable bonds is 5. The maximum Gasteiger partial charge on any atom is 0.256 e. The Hall–Kier alpha value is -2.06. The molecule has 0 heterocycles. The average molecular weight is 316 g/mol. The van der Waals surface area contributed by atoms with Crippen LogP contribution in [-0.2, 0) is 9.53 Å². The van der Waals surface area contributed by atoms with Crippen molar-refractivity contribution in [1.82, 2.24) is 0 Å². The van der Waals surface area contributed by atoms with Gasteiger partial charge in [0.05, 0.1) is 12.7 Å². The first-order chi connectivity index (χ1) is 11.0. The van der Waals surface area contributed by atoms with Gasteiger partial charge in [-0.3, -0.25) is 4.79 Å². The van der Waals surface area contributed by atoms with Crippen LogP contribution in [0.2, 0.25) is 0 Å². The van der Waals surface area contributed by atoms with Gasteiger partial charge in [-0.2, -0.15) is 5.26 Å². The normalized spacial score (nSPS) is 23.8. The lowest BCUT2D eigenvalue weighted by atomic mass is 9.78. The van der Waals surface area contributed by atoms with Gasteiger partial charge < -0.3 is 14.8 Å². The Kier molecular flexibility index (Phi) is 5.62. The second-order valence-corrected chi connectivity index (χ2v) is 6.11. The van der Waals surface area contributed by atoms with Crippen LogP contribution in [0.1, 0.15) is 45.1 Å². The van der Waals surface area contributed by atoms with E-state index >= 15 is 0 Å². The molecular formula is C18H24N2O3. The van der Waals surface area contributed by atoms with Gasteiger partial charge in [-0.25, -0.2) is 0 Å². The zero-order valence-electron chi connectivity index (χ0n) is 14.0. The molecule has 5 heteroatoms. The number of carbonyl (C=O) groups is 1. The van der Waals surface area contributed by atoms with E-state index in [2.05, 4.69) is 18.3 Å². The Bertz CT molecular complexity index is 605. The van der Waals surface area contributed by atoms with Gasteiger partial charge in [0.1, 0.15) is 17.4 Å². The van der Waals surface area contributed by atoms with E-state index in [1.165, 1.54) is 7.11 Å². The SMILES string of the molecule is CCO[C@@]1(C(=O)Nc2ccc(OC)c(C#N)c2)CCC[C@H](C)C1. The van der Waals surface area contributed by atoms with Gasteiger partial charge in [0.25, 0.3) is 5.91 Å². The van der Waals surface area contributed by atoms with Crippen LogP contribution < -0.4 is 10.1 Å². The van der Waals surface area contributed by atoms with E-state index in [1.54, 1.807) is 18.2 Å². The molecule has 0 aromatic heterocycles. The number of hydrogen-bond acceptors (Lipinski definition) is 4. The van der Waals surface area contributed by atoms with Crippen molar-refractivity contribution in [2.24, 2.45) is 5.92 Å². The molecule has 0 bridgehead atoms. The molecule has 0 radical (unpaired) electrons. The number of carbonyl (C=O) groups excluding carboxylic acids is 1. The number of nitrogens with zero attached hydrogens (tertiary/aromatic N) is 1. The molecule has 0 spiro atoms. The van der Waals surface area contributed by atoms with E-state index in [0.29, 0.717) is 29.5 Å². The predicted octanol–water partition coefficient (Wildman–Crippen LogP) is 3.49. The molecule has 0 unspecified atom stereocenters. The summed E-state index contributed by atoms with van der Waals surface area (Å²) in [5.41, 5.74) is 0.219. The third kappa shape index (κ3) is 3.83. The lowest BCUT2D eigenvalue weighted by Crippen LogP contribution is -2.48. The molecule has 2 rings (SSSR count). The summed E-state index contributed by atoms with van der Waals surface area (Å²) in [6.07, 6.45) is 3.58. The number of hydrogen-bond donors (Lipinski definition) is 1. The van der Waals surface area contributed by atoms with E-state index in [-0.39, 0.29) is 5.91 Å². The van der Waals surface area contributed by atoms with Crippen LogP contribution in [-0.4, -0.2) is 25.2 Å². The number of ether oxygens (including phenoxy) is 2. The van der Waals surface area contributed by atoms with Crippen molar-refractivity contribution in [2.75, 3.05) is 19.0 Å². The zero-order chi connectivity index (χ0) is 16.9. The third-order valence-corrected chi connectivity index (χ3v) is 4.37. The molecule has 0 saturated heterocycles. The molecule has 2 atom stereocenters. The van der Waals surface area contributed by atoms with Crippen molar-refractivity contribution in [3.05, 3.63) is 23.8 Å². The Balaban J connectivity index is 2.20. The first kappa shape index (κ1) is 17.3. The molecule has 1 N–H and O–H groups in total. The first-order valence-electron chi connectivity index (χ1n) is 8.08. The summed E-state index contributed by atoms with van der Waals surface area (Å²) in [5.74, 6) is 0.836.